The summed E-state index contributed by atoms with van der Waals surface area (Å²) in [5, 5.41) is 3.18. The van der Waals surface area contributed by atoms with Crippen LogP contribution >= 0.6 is 18.1 Å². The maximum Gasteiger partial charge on any atom is 0.404 e. The number of rotatable bonds is 2. The Bertz CT molecular complexity index is 835. The van der Waals surface area contributed by atoms with Crippen molar-refractivity contribution < 1.29 is 9.09 Å². The fourth-order valence-electron chi connectivity index (χ4n) is 2.75. The molecule has 2 aromatic carbocycles. The molecule has 0 radical (unpaired) electrons. The topological polar surface area (TPSA) is 38.3 Å². The number of hydrogen-bond acceptors (Lipinski definition) is 3. The highest BCUT2D eigenvalue weighted by atomic mass is 32.7. The Morgan fingerprint density at radius 1 is 0.960 bits per heavy atom. The minimum Gasteiger partial charge on any atom is -0.419 e. The van der Waals surface area contributed by atoms with Crippen molar-refractivity contribution in [2.45, 2.75) is 57.3 Å². The van der Waals surface area contributed by atoms with Crippen molar-refractivity contribution in [3.63, 3.8) is 0 Å². The molecule has 1 heterocycles. The molecule has 0 aliphatic carbocycles. The monoisotopic (exact) mass is 375 g/mol. The lowest BCUT2D eigenvalue weighted by Gasteiger charge is -2.26. The summed E-state index contributed by atoms with van der Waals surface area (Å²) < 4.78 is 19.3. The Labute approximate surface area is 154 Å². The molecular weight excluding hydrogens is 349 g/mol. The quantitative estimate of drug-likeness (QED) is 0.574. The standard InChI is InChI=1S/C20H26NO2PS/c1-19(2,3)14-12-16(20(4,5)6)18-17(13-14)21-24(22,23-18)25-15-10-8-7-9-11-15/h7-13H,1-6H3,(H,21,22). The van der Waals surface area contributed by atoms with Crippen LogP contribution in [0.15, 0.2) is 47.4 Å². The van der Waals surface area contributed by atoms with E-state index in [0.717, 1.165) is 21.9 Å². The molecule has 1 unspecified atom stereocenters. The third-order valence-corrected chi connectivity index (χ3v) is 7.71. The first-order valence-corrected chi connectivity index (χ1v) is 11.5. The van der Waals surface area contributed by atoms with Crippen molar-refractivity contribution in [2.75, 3.05) is 5.09 Å². The summed E-state index contributed by atoms with van der Waals surface area (Å²) in [4.78, 5) is 0.930. The van der Waals surface area contributed by atoms with E-state index in [1.807, 2.05) is 30.3 Å². The fourth-order valence-corrected chi connectivity index (χ4v) is 6.30. The van der Waals surface area contributed by atoms with Gasteiger partial charge in [0.1, 0.15) is 0 Å². The van der Waals surface area contributed by atoms with Crippen LogP contribution in [0.1, 0.15) is 52.7 Å². The average molecular weight is 375 g/mol. The van der Waals surface area contributed by atoms with Crippen LogP contribution in [0, 0.1) is 0 Å². The summed E-state index contributed by atoms with van der Waals surface area (Å²) in [5.74, 6) is 0.729. The summed E-state index contributed by atoms with van der Waals surface area (Å²) in [6.45, 7) is 9.97. The van der Waals surface area contributed by atoms with Gasteiger partial charge in [-0.05, 0) is 34.6 Å². The van der Waals surface area contributed by atoms with Gasteiger partial charge < -0.3 is 4.52 Å². The molecule has 2 aromatic rings. The second-order valence-corrected chi connectivity index (χ2v) is 12.6. The molecule has 0 amide bonds. The summed E-state index contributed by atoms with van der Waals surface area (Å²) in [6.07, 6.45) is 0. The molecule has 0 bridgehead atoms. The number of hydrogen-bond donors (Lipinski definition) is 1. The zero-order chi connectivity index (χ0) is 18.5. The minimum atomic E-state index is -3.08. The van der Waals surface area contributed by atoms with Crippen molar-refractivity contribution in [1.82, 2.24) is 0 Å². The van der Waals surface area contributed by atoms with E-state index in [0.29, 0.717) is 0 Å². The molecule has 0 saturated heterocycles. The Morgan fingerprint density at radius 2 is 1.60 bits per heavy atom. The number of anilines is 1. The van der Waals surface area contributed by atoms with Crippen molar-refractivity contribution in [3.05, 3.63) is 53.6 Å². The zero-order valence-electron chi connectivity index (χ0n) is 15.7. The highest BCUT2D eigenvalue weighted by Gasteiger charge is 2.39. The van der Waals surface area contributed by atoms with Gasteiger partial charge in [0.05, 0.1) is 5.69 Å². The Morgan fingerprint density at radius 3 is 2.16 bits per heavy atom. The molecule has 0 spiro atoms. The van der Waals surface area contributed by atoms with Gasteiger partial charge in [-0.1, -0.05) is 65.8 Å². The van der Waals surface area contributed by atoms with Crippen molar-refractivity contribution in [3.8, 4) is 5.75 Å². The van der Waals surface area contributed by atoms with Gasteiger partial charge >= 0.3 is 6.72 Å². The maximum atomic E-state index is 13.3. The number of benzene rings is 2. The molecule has 0 saturated carbocycles. The van der Waals surface area contributed by atoms with Crippen LogP contribution in [-0.4, -0.2) is 0 Å². The molecule has 3 nitrogen and oxygen atoms in total. The first-order chi connectivity index (χ1) is 11.5. The smallest absolute Gasteiger partial charge is 0.404 e. The fraction of sp³-hybridized carbons (Fsp3) is 0.400. The molecule has 3 rings (SSSR count). The SMILES string of the molecule is CC(C)(C)c1cc2c(c(C(C)(C)C)c1)OP(=O)(Sc1ccccc1)N2. The maximum absolute atomic E-state index is 13.3. The van der Waals surface area contributed by atoms with Gasteiger partial charge in [0.2, 0.25) is 0 Å². The minimum absolute atomic E-state index is 0.00978. The lowest BCUT2D eigenvalue weighted by molar-refractivity contribution is 0.495. The molecule has 1 aliphatic rings. The van der Waals surface area contributed by atoms with Crippen LogP contribution < -0.4 is 9.61 Å². The van der Waals surface area contributed by atoms with Gasteiger partial charge in [-0.15, -0.1) is 0 Å². The van der Waals surface area contributed by atoms with E-state index in [1.54, 1.807) is 0 Å². The van der Waals surface area contributed by atoms with E-state index >= 15 is 0 Å². The lowest BCUT2D eigenvalue weighted by Crippen LogP contribution is -2.16. The van der Waals surface area contributed by atoms with E-state index in [1.165, 1.54) is 16.9 Å². The highest BCUT2D eigenvalue weighted by molar-refractivity contribution is 8.57. The van der Waals surface area contributed by atoms with E-state index in [2.05, 4.69) is 58.8 Å². The molecule has 1 atom stereocenters. The summed E-state index contributed by atoms with van der Waals surface area (Å²) in [7, 11) is 0. The van der Waals surface area contributed by atoms with Crippen LogP contribution in [0.2, 0.25) is 0 Å². The van der Waals surface area contributed by atoms with Gasteiger partial charge in [-0.3, -0.25) is 5.09 Å². The summed E-state index contributed by atoms with van der Waals surface area (Å²) >= 11 is 1.26. The van der Waals surface area contributed by atoms with Gasteiger partial charge in [0, 0.05) is 21.8 Å². The zero-order valence-corrected chi connectivity index (χ0v) is 17.4. The Kier molecular flexibility index (Phi) is 4.50. The predicted octanol–water partition coefficient (Wildman–Crippen LogP) is 6.99. The molecule has 1 aliphatic heterocycles. The van der Waals surface area contributed by atoms with Crippen LogP contribution in [0.5, 0.6) is 5.75 Å². The lowest BCUT2D eigenvalue weighted by atomic mass is 9.80. The van der Waals surface area contributed by atoms with Crippen LogP contribution in [0.3, 0.4) is 0 Å². The Balaban J connectivity index is 2.03. The third kappa shape index (κ3) is 3.91. The second kappa shape index (κ2) is 6.10. The van der Waals surface area contributed by atoms with Crippen molar-refractivity contribution in [1.29, 1.82) is 0 Å². The van der Waals surface area contributed by atoms with Crippen molar-refractivity contribution >= 4 is 23.8 Å². The van der Waals surface area contributed by atoms with Gasteiger partial charge in [-0.2, -0.15) is 0 Å². The molecule has 5 heteroatoms. The summed E-state index contributed by atoms with van der Waals surface area (Å²) in [5.41, 5.74) is 3.05. The molecule has 134 valence electrons. The van der Waals surface area contributed by atoms with Gasteiger partial charge in [-0.25, -0.2) is 4.57 Å². The van der Waals surface area contributed by atoms with E-state index in [4.69, 9.17) is 4.52 Å². The molecular formula is C20H26NO2PS. The highest BCUT2D eigenvalue weighted by Crippen LogP contribution is 2.68. The van der Waals surface area contributed by atoms with E-state index in [-0.39, 0.29) is 10.8 Å². The third-order valence-electron chi connectivity index (χ3n) is 4.20. The van der Waals surface area contributed by atoms with Gasteiger partial charge in [0.15, 0.2) is 5.75 Å². The molecule has 0 fully saturated rings. The van der Waals surface area contributed by atoms with E-state index < -0.39 is 6.72 Å². The van der Waals surface area contributed by atoms with Crippen LogP contribution in [0.4, 0.5) is 5.69 Å². The first kappa shape index (κ1) is 18.4. The first-order valence-electron chi connectivity index (χ1n) is 8.49. The molecule has 0 aromatic heterocycles. The summed E-state index contributed by atoms with van der Waals surface area (Å²) in [6, 6.07) is 14.0. The van der Waals surface area contributed by atoms with Crippen LogP contribution in [0.25, 0.3) is 0 Å². The largest absolute Gasteiger partial charge is 0.419 e. The molecule has 1 N–H and O–H groups in total. The number of nitrogens with one attached hydrogen (secondary N) is 1. The van der Waals surface area contributed by atoms with Crippen molar-refractivity contribution in [2.24, 2.45) is 0 Å². The number of fused-ring (bicyclic) bond motifs is 1. The second-order valence-electron chi connectivity index (χ2n) is 8.51. The normalized spacial score (nSPS) is 19.9. The van der Waals surface area contributed by atoms with Crippen LogP contribution in [-0.2, 0) is 15.4 Å². The van der Waals surface area contributed by atoms with Gasteiger partial charge in [0.25, 0.3) is 0 Å². The average Bonchev–Trinajstić information content (AvgIpc) is 2.80. The molecule has 25 heavy (non-hydrogen) atoms. The predicted molar refractivity (Wildman–Crippen MR) is 108 cm³/mol. The Hall–Kier alpha value is -1.38. The van der Waals surface area contributed by atoms with E-state index in [9.17, 15) is 4.57 Å².